The van der Waals surface area contributed by atoms with Gasteiger partial charge < -0.3 is 9.84 Å². The lowest BCUT2D eigenvalue weighted by Gasteiger charge is -2.07. The van der Waals surface area contributed by atoms with Crippen molar-refractivity contribution in [3.63, 3.8) is 0 Å². The van der Waals surface area contributed by atoms with Gasteiger partial charge in [0.25, 0.3) is 0 Å². The zero-order valence-corrected chi connectivity index (χ0v) is 12.6. The molecule has 0 aliphatic rings. The monoisotopic (exact) mass is 331 g/mol. The van der Waals surface area contributed by atoms with Crippen LogP contribution in [-0.2, 0) is 17.6 Å². The first-order valence-electron chi connectivity index (χ1n) is 5.77. The van der Waals surface area contributed by atoms with E-state index in [-0.39, 0.29) is 6.42 Å². The molecular formula is C13H11Cl2NO3S. The highest BCUT2D eigenvalue weighted by Crippen LogP contribution is 2.27. The van der Waals surface area contributed by atoms with Crippen LogP contribution in [-0.4, -0.2) is 22.7 Å². The van der Waals surface area contributed by atoms with E-state index in [9.17, 15) is 4.79 Å². The molecule has 7 heteroatoms. The van der Waals surface area contributed by atoms with E-state index in [1.807, 2.05) is 0 Å². The van der Waals surface area contributed by atoms with E-state index in [0.29, 0.717) is 34.5 Å². The number of halogens is 2. The van der Waals surface area contributed by atoms with Gasteiger partial charge in [-0.1, -0.05) is 23.2 Å². The summed E-state index contributed by atoms with van der Waals surface area (Å²) in [6, 6.07) is 5.02. The average Bonchev–Trinajstić information content (AvgIpc) is 2.80. The quantitative estimate of drug-likeness (QED) is 0.876. The molecule has 1 heterocycles. The second-order valence-electron chi connectivity index (χ2n) is 3.98. The number of ether oxygens (including phenoxy) is 1. The van der Waals surface area contributed by atoms with Gasteiger partial charge in [0.1, 0.15) is 5.75 Å². The molecule has 1 aromatic heterocycles. The number of aliphatic carboxylic acids is 1. The SMILES string of the molecule is O=C(O)Cc1csc(CCOc2cc(Cl)ccc2Cl)n1. The Hall–Kier alpha value is -1.30. The number of rotatable bonds is 6. The molecule has 2 aromatic rings. The Labute approximate surface area is 129 Å². The van der Waals surface area contributed by atoms with Crippen molar-refractivity contribution in [2.75, 3.05) is 6.61 Å². The molecule has 0 atom stereocenters. The van der Waals surface area contributed by atoms with Crippen LogP contribution < -0.4 is 4.74 Å². The minimum absolute atomic E-state index is 0.0581. The molecule has 0 aliphatic heterocycles. The fourth-order valence-electron chi connectivity index (χ4n) is 1.54. The molecule has 0 saturated carbocycles. The largest absolute Gasteiger partial charge is 0.492 e. The lowest BCUT2D eigenvalue weighted by molar-refractivity contribution is -0.136. The van der Waals surface area contributed by atoms with Crippen molar-refractivity contribution >= 4 is 40.5 Å². The van der Waals surface area contributed by atoms with Gasteiger partial charge in [0.15, 0.2) is 0 Å². The number of benzene rings is 1. The predicted octanol–water partition coefficient (Wildman–Crippen LogP) is 3.70. The molecule has 0 aliphatic carbocycles. The highest BCUT2D eigenvalue weighted by Gasteiger charge is 2.07. The van der Waals surface area contributed by atoms with Crippen LogP contribution in [0.2, 0.25) is 10.0 Å². The topological polar surface area (TPSA) is 59.4 Å². The van der Waals surface area contributed by atoms with Crippen molar-refractivity contribution in [1.29, 1.82) is 0 Å². The van der Waals surface area contributed by atoms with Gasteiger partial charge in [-0.05, 0) is 12.1 Å². The second kappa shape index (κ2) is 6.92. The number of thiazole rings is 1. The van der Waals surface area contributed by atoms with Crippen LogP contribution in [0.1, 0.15) is 10.7 Å². The summed E-state index contributed by atoms with van der Waals surface area (Å²) in [6.45, 7) is 0.403. The maximum atomic E-state index is 10.6. The van der Waals surface area contributed by atoms with E-state index in [4.69, 9.17) is 33.0 Å². The summed E-state index contributed by atoms with van der Waals surface area (Å²) < 4.78 is 5.55. The molecular weight excluding hydrogens is 321 g/mol. The molecule has 0 saturated heterocycles. The van der Waals surface area contributed by atoms with Gasteiger partial charge in [-0.2, -0.15) is 0 Å². The van der Waals surface area contributed by atoms with E-state index in [2.05, 4.69) is 4.98 Å². The van der Waals surface area contributed by atoms with Crippen molar-refractivity contribution < 1.29 is 14.6 Å². The predicted molar refractivity (Wildman–Crippen MR) is 79.1 cm³/mol. The van der Waals surface area contributed by atoms with Crippen molar-refractivity contribution in [3.05, 3.63) is 44.3 Å². The molecule has 0 unspecified atom stereocenters. The molecule has 0 spiro atoms. The van der Waals surface area contributed by atoms with Gasteiger partial charge in [-0.15, -0.1) is 11.3 Å². The summed E-state index contributed by atoms with van der Waals surface area (Å²) in [7, 11) is 0. The Bertz CT molecular complexity index is 615. The van der Waals surface area contributed by atoms with Gasteiger partial charge in [0.2, 0.25) is 0 Å². The summed E-state index contributed by atoms with van der Waals surface area (Å²) in [5.74, 6) is -0.356. The smallest absolute Gasteiger partial charge is 0.309 e. The standard InChI is InChI=1S/C13H11Cl2NO3S/c14-8-1-2-10(15)11(5-8)19-4-3-12-16-9(7-20-12)6-13(17)18/h1-2,5,7H,3-4,6H2,(H,17,18). The first kappa shape index (κ1) is 15.1. The summed E-state index contributed by atoms with van der Waals surface area (Å²) in [5, 5.41) is 12.3. The van der Waals surface area contributed by atoms with Crippen molar-refractivity contribution in [2.24, 2.45) is 0 Å². The first-order valence-corrected chi connectivity index (χ1v) is 7.41. The second-order valence-corrected chi connectivity index (χ2v) is 5.76. The van der Waals surface area contributed by atoms with Crippen molar-refractivity contribution in [1.82, 2.24) is 4.98 Å². The Balaban J connectivity index is 1.88. The average molecular weight is 332 g/mol. The lowest BCUT2D eigenvalue weighted by atomic mass is 10.3. The van der Waals surface area contributed by atoms with Crippen LogP contribution in [0.4, 0.5) is 0 Å². The number of carboxylic acid groups (broad SMARTS) is 1. The zero-order valence-electron chi connectivity index (χ0n) is 10.3. The van der Waals surface area contributed by atoms with E-state index in [0.717, 1.165) is 5.01 Å². The van der Waals surface area contributed by atoms with Crippen LogP contribution in [0, 0.1) is 0 Å². The molecule has 1 N–H and O–H groups in total. The van der Waals surface area contributed by atoms with Gasteiger partial charge >= 0.3 is 5.97 Å². The van der Waals surface area contributed by atoms with Crippen LogP contribution in [0.3, 0.4) is 0 Å². The van der Waals surface area contributed by atoms with Crippen LogP contribution in [0.5, 0.6) is 5.75 Å². The van der Waals surface area contributed by atoms with Gasteiger partial charge in [0.05, 0.1) is 28.8 Å². The molecule has 0 amide bonds. The fraction of sp³-hybridized carbons (Fsp3) is 0.231. The highest BCUT2D eigenvalue weighted by atomic mass is 35.5. The minimum atomic E-state index is -0.885. The Kier molecular flexibility index (Phi) is 5.23. The maximum absolute atomic E-state index is 10.6. The number of aromatic nitrogens is 1. The van der Waals surface area contributed by atoms with E-state index >= 15 is 0 Å². The third kappa shape index (κ3) is 4.37. The molecule has 2 rings (SSSR count). The summed E-state index contributed by atoms with van der Waals surface area (Å²) >= 11 is 13.3. The molecule has 106 valence electrons. The van der Waals surface area contributed by atoms with Crippen molar-refractivity contribution in [2.45, 2.75) is 12.8 Å². The molecule has 20 heavy (non-hydrogen) atoms. The Morgan fingerprint density at radius 3 is 2.95 bits per heavy atom. The molecule has 0 bridgehead atoms. The van der Waals surface area contributed by atoms with Crippen molar-refractivity contribution in [3.8, 4) is 5.75 Å². The number of hydrogen-bond acceptors (Lipinski definition) is 4. The number of carboxylic acids is 1. The first-order chi connectivity index (χ1) is 9.54. The molecule has 0 fully saturated rings. The van der Waals surface area contributed by atoms with E-state index in [1.165, 1.54) is 11.3 Å². The highest BCUT2D eigenvalue weighted by molar-refractivity contribution is 7.09. The van der Waals surface area contributed by atoms with Crippen LogP contribution in [0.15, 0.2) is 23.6 Å². The number of nitrogens with zero attached hydrogens (tertiary/aromatic N) is 1. The molecule has 0 radical (unpaired) electrons. The third-order valence-electron chi connectivity index (χ3n) is 2.40. The summed E-state index contributed by atoms with van der Waals surface area (Å²) in [6.07, 6.45) is 0.532. The van der Waals surface area contributed by atoms with Crippen LogP contribution >= 0.6 is 34.5 Å². The minimum Gasteiger partial charge on any atom is -0.492 e. The summed E-state index contributed by atoms with van der Waals surface area (Å²) in [4.78, 5) is 14.8. The number of hydrogen-bond donors (Lipinski definition) is 1. The normalized spacial score (nSPS) is 10.5. The molecule has 1 aromatic carbocycles. The summed E-state index contributed by atoms with van der Waals surface area (Å²) in [5.41, 5.74) is 0.568. The van der Waals surface area contributed by atoms with Gasteiger partial charge in [-0.25, -0.2) is 4.98 Å². The van der Waals surface area contributed by atoms with E-state index < -0.39 is 5.97 Å². The Morgan fingerprint density at radius 2 is 2.20 bits per heavy atom. The number of carbonyl (C=O) groups is 1. The van der Waals surface area contributed by atoms with Gasteiger partial charge in [-0.3, -0.25) is 4.79 Å². The maximum Gasteiger partial charge on any atom is 0.309 e. The fourth-order valence-corrected chi connectivity index (χ4v) is 2.65. The van der Waals surface area contributed by atoms with Crippen LogP contribution in [0.25, 0.3) is 0 Å². The third-order valence-corrected chi connectivity index (χ3v) is 3.90. The van der Waals surface area contributed by atoms with E-state index in [1.54, 1.807) is 23.6 Å². The van der Waals surface area contributed by atoms with Gasteiger partial charge in [0, 0.05) is 22.9 Å². The zero-order chi connectivity index (χ0) is 14.5. The lowest BCUT2D eigenvalue weighted by Crippen LogP contribution is -2.03. The Morgan fingerprint density at radius 1 is 1.40 bits per heavy atom. The molecule has 4 nitrogen and oxygen atoms in total.